The minimum atomic E-state index is 0.113. The fourth-order valence-corrected chi connectivity index (χ4v) is 2.13. The Kier molecular flexibility index (Phi) is 6.52. The monoisotopic (exact) mass is 277 g/mol. The van der Waals surface area contributed by atoms with Crippen LogP contribution in [-0.4, -0.2) is 56.5 Å². The molecule has 1 aromatic rings. The molecule has 0 atom stereocenters. The molecule has 0 aliphatic carbocycles. The van der Waals surface area contributed by atoms with Gasteiger partial charge in [0, 0.05) is 32.4 Å². The number of hydrogen-bond donors (Lipinski definition) is 1. The number of nitrogens with one attached hydrogen (secondary N) is 1. The van der Waals surface area contributed by atoms with Crippen molar-refractivity contribution >= 4 is 11.6 Å². The SMILES string of the molecule is CCCN(CCN(C)C)C(=O)c1cc(C)ccc1NC. The lowest BCUT2D eigenvalue weighted by Gasteiger charge is -2.25. The van der Waals surface area contributed by atoms with Crippen LogP contribution in [0.25, 0.3) is 0 Å². The van der Waals surface area contributed by atoms with Gasteiger partial charge in [-0.2, -0.15) is 0 Å². The largest absolute Gasteiger partial charge is 0.387 e. The average Bonchev–Trinajstić information content (AvgIpc) is 2.42. The Bertz CT molecular complexity index is 443. The van der Waals surface area contributed by atoms with E-state index in [9.17, 15) is 4.79 Å². The molecule has 0 unspecified atom stereocenters. The predicted octanol–water partition coefficient (Wildman–Crippen LogP) is 2.45. The highest BCUT2D eigenvalue weighted by atomic mass is 16.2. The quantitative estimate of drug-likeness (QED) is 0.831. The van der Waals surface area contributed by atoms with Gasteiger partial charge in [-0.15, -0.1) is 0 Å². The summed E-state index contributed by atoms with van der Waals surface area (Å²) in [6.07, 6.45) is 0.972. The number of carbonyl (C=O) groups is 1. The van der Waals surface area contributed by atoms with Crippen molar-refractivity contribution in [3.05, 3.63) is 29.3 Å². The van der Waals surface area contributed by atoms with E-state index in [0.717, 1.165) is 42.9 Å². The van der Waals surface area contributed by atoms with Gasteiger partial charge in [0.2, 0.25) is 0 Å². The average molecular weight is 277 g/mol. The second kappa shape index (κ2) is 7.90. The highest BCUT2D eigenvalue weighted by Gasteiger charge is 2.18. The molecule has 112 valence electrons. The topological polar surface area (TPSA) is 35.6 Å². The Morgan fingerprint density at radius 2 is 1.90 bits per heavy atom. The molecule has 0 radical (unpaired) electrons. The van der Waals surface area contributed by atoms with Crippen LogP contribution in [0, 0.1) is 6.92 Å². The molecule has 0 saturated heterocycles. The van der Waals surface area contributed by atoms with Crippen molar-refractivity contribution in [3.63, 3.8) is 0 Å². The molecule has 0 aromatic heterocycles. The molecule has 1 aromatic carbocycles. The van der Waals surface area contributed by atoms with E-state index in [-0.39, 0.29) is 5.91 Å². The second-order valence-corrected chi connectivity index (χ2v) is 5.39. The lowest BCUT2D eigenvalue weighted by molar-refractivity contribution is 0.0746. The first-order valence-electron chi connectivity index (χ1n) is 7.22. The molecule has 1 N–H and O–H groups in total. The lowest BCUT2D eigenvalue weighted by atomic mass is 10.1. The van der Waals surface area contributed by atoms with Gasteiger partial charge < -0.3 is 15.1 Å². The van der Waals surface area contributed by atoms with Crippen molar-refractivity contribution in [2.24, 2.45) is 0 Å². The number of benzene rings is 1. The van der Waals surface area contributed by atoms with Gasteiger partial charge in [0.1, 0.15) is 0 Å². The highest BCUT2D eigenvalue weighted by Crippen LogP contribution is 2.19. The number of anilines is 1. The third kappa shape index (κ3) is 4.53. The van der Waals surface area contributed by atoms with Crippen LogP contribution >= 0.6 is 0 Å². The van der Waals surface area contributed by atoms with Gasteiger partial charge in [-0.05, 0) is 39.6 Å². The van der Waals surface area contributed by atoms with Crippen molar-refractivity contribution in [2.75, 3.05) is 46.1 Å². The van der Waals surface area contributed by atoms with Crippen LogP contribution in [0.2, 0.25) is 0 Å². The maximum Gasteiger partial charge on any atom is 0.256 e. The number of nitrogens with zero attached hydrogens (tertiary/aromatic N) is 2. The fraction of sp³-hybridized carbons (Fsp3) is 0.562. The van der Waals surface area contributed by atoms with E-state index >= 15 is 0 Å². The summed E-state index contributed by atoms with van der Waals surface area (Å²) in [5.41, 5.74) is 2.77. The molecule has 0 aliphatic heterocycles. The van der Waals surface area contributed by atoms with Gasteiger partial charge in [0.05, 0.1) is 5.56 Å². The van der Waals surface area contributed by atoms with Crippen LogP contribution in [0.3, 0.4) is 0 Å². The highest BCUT2D eigenvalue weighted by molar-refractivity contribution is 5.99. The molecule has 0 saturated carbocycles. The molecule has 0 heterocycles. The third-order valence-electron chi connectivity index (χ3n) is 3.27. The molecule has 0 aliphatic rings. The number of amides is 1. The van der Waals surface area contributed by atoms with Gasteiger partial charge in [0.25, 0.3) is 5.91 Å². The first kappa shape index (κ1) is 16.5. The van der Waals surface area contributed by atoms with E-state index in [1.54, 1.807) is 0 Å². The molecule has 4 nitrogen and oxygen atoms in total. The van der Waals surface area contributed by atoms with Crippen molar-refractivity contribution in [3.8, 4) is 0 Å². The van der Waals surface area contributed by atoms with Gasteiger partial charge in [-0.1, -0.05) is 18.6 Å². The van der Waals surface area contributed by atoms with E-state index in [0.29, 0.717) is 0 Å². The summed E-state index contributed by atoms with van der Waals surface area (Å²) in [5, 5.41) is 3.11. The van der Waals surface area contributed by atoms with Crippen LogP contribution in [0.4, 0.5) is 5.69 Å². The van der Waals surface area contributed by atoms with Crippen LogP contribution in [0.15, 0.2) is 18.2 Å². The summed E-state index contributed by atoms with van der Waals surface area (Å²) in [4.78, 5) is 16.8. The number of aryl methyl sites for hydroxylation is 1. The summed E-state index contributed by atoms with van der Waals surface area (Å²) in [6, 6.07) is 5.96. The number of likely N-dealkylation sites (N-methyl/N-ethyl adjacent to an activating group) is 1. The van der Waals surface area contributed by atoms with Gasteiger partial charge >= 0.3 is 0 Å². The summed E-state index contributed by atoms with van der Waals surface area (Å²) in [5.74, 6) is 0.113. The number of carbonyl (C=O) groups excluding carboxylic acids is 1. The Balaban J connectivity index is 2.95. The number of hydrogen-bond acceptors (Lipinski definition) is 3. The van der Waals surface area contributed by atoms with Gasteiger partial charge in [-0.25, -0.2) is 0 Å². The summed E-state index contributed by atoms with van der Waals surface area (Å²) >= 11 is 0. The maximum atomic E-state index is 12.7. The molecule has 1 rings (SSSR count). The fourth-order valence-electron chi connectivity index (χ4n) is 2.13. The molecule has 1 amide bonds. The van der Waals surface area contributed by atoms with Crippen LogP contribution < -0.4 is 5.32 Å². The maximum absolute atomic E-state index is 12.7. The smallest absolute Gasteiger partial charge is 0.256 e. The summed E-state index contributed by atoms with van der Waals surface area (Å²) < 4.78 is 0. The first-order chi connectivity index (χ1) is 9.49. The van der Waals surface area contributed by atoms with E-state index < -0.39 is 0 Å². The zero-order chi connectivity index (χ0) is 15.1. The van der Waals surface area contributed by atoms with E-state index in [2.05, 4.69) is 17.1 Å². The zero-order valence-corrected chi connectivity index (χ0v) is 13.4. The standard InChI is InChI=1S/C16H27N3O/c1-6-9-19(11-10-18(4)5)16(20)14-12-13(2)7-8-15(14)17-3/h7-8,12,17H,6,9-11H2,1-5H3. The number of rotatable bonds is 7. The zero-order valence-electron chi connectivity index (χ0n) is 13.4. The van der Waals surface area contributed by atoms with Crippen molar-refractivity contribution in [1.82, 2.24) is 9.80 Å². The van der Waals surface area contributed by atoms with Crippen molar-refractivity contribution in [2.45, 2.75) is 20.3 Å². The van der Waals surface area contributed by atoms with Crippen molar-refractivity contribution in [1.29, 1.82) is 0 Å². The van der Waals surface area contributed by atoms with Crippen LogP contribution in [0.5, 0.6) is 0 Å². The van der Waals surface area contributed by atoms with Gasteiger partial charge in [0.15, 0.2) is 0 Å². The van der Waals surface area contributed by atoms with E-state index in [1.807, 2.05) is 51.2 Å². The predicted molar refractivity (Wildman–Crippen MR) is 85.5 cm³/mol. The molecule has 20 heavy (non-hydrogen) atoms. The minimum absolute atomic E-state index is 0.113. The van der Waals surface area contributed by atoms with E-state index in [1.165, 1.54) is 0 Å². The molecular formula is C16H27N3O. The summed E-state index contributed by atoms with van der Waals surface area (Å²) in [7, 11) is 5.91. The lowest BCUT2D eigenvalue weighted by Crippen LogP contribution is -2.37. The second-order valence-electron chi connectivity index (χ2n) is 5.39. The van der Waals surface area contributed by atoms with Crippen molar-refractivity contribution < 1.29 is 4.79 Å². The van der Waals surface area contributed by atoms with Gasteiger partial charge in [-0.3, -0.25) is 4.79 Å². The Morgan fingerprint density at radius 3 is 2.45 bits per heavy atom. The van der Waals surface area contributed by atoms with Crippen LogP contribution in [0.1, 0.15) is 29.3 Å². The molecule has 0 bridgehead atoms. The Labute approximate surface area is 122 Å². The first-order valence-corrected chi connectivity index (χ1v) is 7.22. The molecule has 4 heteroatoms. The van der Waals surface area contributed by atoms with Crippen LogP contribution in [-0.2, 0) is 0 Å². The summed E-state index contributed by atoms with van der Waals surface area (Å²) in [6.45, 7) is 6.55. The third-order valence-corrected chi connectivity index (χ3v) is 3.27. The molecule has 0 fully saturated rings. The Morgan fingerprint density at radius 1 is 1.20 bits per heavy atom. The molecular weight excluding hydrogens is 250 g/mol. The normalized spacial score (nSPS) is 10.7. The van der Waals surface area contributed by atoms with E-state index in [4.69, 9.17) is 0 Å². The minimum Gasteiger partial charge on any atom is -0.387 e. The Hall–Kier alpha value is -1.55. The molecule has 0 spiro atoms.